The highest BCUT2D eigenvalue weighted by Crippen LogP contribution is 2.48. The molecule has 9 atom stereocenters. The standard InChI is InChI=1S/C34H46O13/c1-16-25(17(2)37)29(39)27-22(28(16)38)11-21(32(42)43)12-23(27)46-33-30(40)31(41)34(44,24(13-36)47-33)9-8-18-5-3-6-19-14-45-15-20(26(18)19)7-4-10-35/h11-12,18-20,24,26,30-31,33,35-36,38-41,44H,3-10,13-15H2,1-2H3,(H,42,43). The van der Waals surface area contributed by atoms with Crippen LogP contribution in [-0.2, 0) is 9.47 Å². The van der Waals surface area contributed by atoms with Crippen LogP contribution < -0.4 is 4.74 Å². The Morgan fingerprint density at radius 1 is 1.04 bits per heavy atom. The lowest BCUT2D eigenvalue weighted by Crippen LogP contribution is -2.68. The van der Waals surface area contributed by atoms with Gasteiger partial charge in [-0.25, -0.2) is 4.79 Å². The van der Waals surface area contributed by atoms with E-state index in [0.717, 1.165) is 37.8 Å². The van der Waals surface area contributed by atoms with Crippen molar-refractivity contribution in [2.24, 2.45) is 23.7 Å². The number of carbonyl (C=O) groups is 2. The number of benzene rings is 2. The summed E-state index contributed by atoms with van der Waals surface area (Å²) in [4.78, 5) is 24.3. The highest BCUT2D eigenvalue weighted by atomic mass is 16.7. The van der Waals surface area contributed by atoms with Gasteiger partial charge in [0.25, 0.3) is 0 Å². The van der Waals surface area contributed by atoms with Gasteiger partial charge in [-0.15, -0.1) is 0 Å². The Balaban J connectivity index is 1.42. The number of rotatable bonds is 11. The largest absolute Gasteiger partial charge is 0.507 e. The minimum absolute atomic E-state index is 0.00201. The Morgan fingerprint density at radius 3 is 2.45 bits per heavy atom. The van der Waals surface area contributed by atoms with Crippen LogP contribution >= 0.6 is 0 Å². The molecule has 0 amide bonds. The van der Waals surface area contributed by atoms with Crippen molar-refractivity contribution in [2.45, 2.75) is 89.0 Å². The first-order valence-electron chi connectivity index (χ1n) is 16.3. The number of aromatic hydroxyl groups is 2. The number of hydrogen-bond donors (Lipinski definition) is 8. The molecule has 0 aromatic heterocycles. The molecule has 2 heterocycles. The second kappa shape index (κ2) is 14.2. The number of ether oxygens (including phenoxy) is 3. The van der Waals surface area contributed by atoms with Gasteiger partial charge in [-0.05, 0) is 81.8 Å². The lowest BCUT2D eigenvalue weighted by Gasteiger charge is -2.50. The summed E-state index contributed by atoms with van der Waals surface area (Å²) in [5.74, 6) is -2.31. The van der Waals surface area contributed by atoms with Crippen molar-refractivity contribution in [3.05, 3.63) is 28.8 Å². The van der Waals surface area contributed by atoms with Gasteiger partial charge in [-0.2, -0.15) is 0 Å². The predicted octanol–water partition coefficient (Wildman–Crippen LogP) is 2.24. The van der Waals surface area contributed by atoms with E-state index in [1.54, 1.807) is 0 Å². The summed E-state index contributed by atoms with van der Waals surface area (Å²) in [6.07, 6.45) is -2.04. The van der Waals surface area contributed by atoms with Gasteiger partial charge in [0.1, 0.15) is 41.2 Å². The van der Waals surface area contributed by atoms with Gasteiger partial charge in [-0.1, -0.05) is 12.8 Å². The van der Waals surface area contributed by atoms with Gasteiger partial charge in [-0.3, -0.25) is 4.79 Å². The zero-order valence-electron chi connectivity index (χ0n) is 26.7. The minimum atomic E-state index is -2.07. The van der Waals surface area contributed by atoms with Gasteiger partial charge in [0.15, 0.2) is 5.78 Å². The summed E-state index contributed by atoms with van der Waals surface area (Å²) in [5.41, 5.74) is -2.62. The van der Waals surface area contributed by atoms with Crippen LogP contribution in [-0.4, -0.2) is 109 Å². The molecule has 1 aliphatic carbocycles. The first kappa shape index (κ1) is 35.3. The van der Waals surface area contributed by atoms with Crippen molar-refractivity contribution in [1.82, 2.24) is 0 Å². The molecule has 0 radical (unpaired) electrons. The van der Waals surface area contributed by atoms with E-state index in [-0.39, 0.29) is 58.1 Å². The Kier molecular flexibility index (Phi) is 10.7. The molecule has 2 aromatic rings. The number of carboxylic acids is 1. The van der Waals surface area contributed by atoms with Crippen LogP contribution in [0, 0.1) is 30.6 Å². The SMILES string of the molecule is CC(=O)c1c(C)c(O)c2cc(C(=O)O)cc(OC3OC(CO)C(O)(CCC4CCCC5COCC(CCCO)C45)C(O)C3O)c2c1O. The number of hydrogen-bond acceptors (Lipinski definition) is 12. The van der Waals surface area contributed by atoms with E-state index in [9.17, 15) is 50.4 Å². The number of phenols is 2. The number of ketones is 1. The summed E-state index contributed by atoms with van der Waals surface area (Å²) in [6, 6.07) is 2.11. The second-order valence-electron chi connectivity index (χ2n) is 13.4. The molecule has 1 saturated carbocycles. The van der Waals surface area contributed by atoms with Crippen LogP contribution in [0.25, 0.3) is 10.8 Å². The van der Waals surface area contributed by atoms with Crippen molar-refractivity contribution in [2.75, 3.05) is 26.4 Å². The fraction of sp³-hybridized carbons (Fsp3) is 0.647. The molecule has 47 heavy (non-hydrogen) atoms. The van der Waals surface area contributed by atoms with E-state index in [4.69, 9.17) is 14.2 Å². The van der Waals surface area contributed by atoms with Gasteiger partial charge in [0, 0.05) is 30.8 Å². The molecule has 13 heteroatoms. The van der Waals surface area contributed by atoms with Gasteiger partial charge >= 0.3 is 5.97 Å². The normalized spacial score (nSPS) is 32.6. The van der Waals surface area contributed by atoms with Crippen molar-refractivity contribution >= 4 is 22.5 Å². The monoisotopic (exact) mass is 662 g/mol. The maximum Gasteiger partial charge on any atom is 0.335 e. The zero-order valence-corrected chi connectivity index (χ0v) is 26.7. The van der Waals surface area contributed by atoms with E-state index >= 15 is 0 Å². The maximum absolute atomic E-state index is 12.4. The smallest absolute Gasteiger partial charge is 0.335 e. The number of carbonyl (C=O) groups excluding carboxylic acids is 1. The number of aliphatic hydroxyl groups is 5. The third-order valence-corrected chi connectivity index (χ3v) is 10.6. The number of aliphatic hydroxyl groups excluding tert-OH is 4. The molecule has 13 nitrogen and oxygen atoms in total. The third kappa shape index (κ3) is 6.54. The van der Waals surface area contributed by atoms with Gasteiger partial charge < -0.3 is 55.1 Å². The van der Waals surface area contributed by atoms with E-state index in [2.05, 4.69) is 0 Å². The molecule has 2 saturated heterocycles. The summed E-state index contributed by atoms with van der Waals surface area (Å²) in [5, 5.41) is 85.4. The number of phenolic OH excluding ortho intramolecular Hbond substituents is 2. The topological polar surface area (TPSA) is 224 Å². The lowest BCUT2D eigenvalue weighted by molar-refractivity contribution is -0.315. The maximum atomic E-state index is 12.4. The highest BCUT2D eigenvalue weighted by molar-refractivity contribution is 6.11. The summed E-state index contributed by atoms with van der Waals surface area (Å²) >= 11 is 0. The van der Waals surface area contributed by atoms with E-state index < -0.39 is 60.1 Å². The fourth-order valence-electron chi connectivity index (χ4n) is 8.29. The van der Waals surface area contributed by atoms with Crippen LogP contribution in [0.5, 0.6) is 17.2 Å². The lowest BCUT2D eigenvalue weighted by atomic mass is 9.62. The van der Waals surface area contributed by atoms with Crippen molar-refractivity contribution in [3.8, 4) is 17.2 Å². The van der Waals surface area contributed by atoms with Gasteiger partial charge in [0.2, 0.25) is 6.29 Å². The molecule has 8 N–H and O–H groups in total. The number of aromatic carboxylic acids is 1. The van der Waals surface area contributed by atoms with Crippen LogP contribution in [0.4, 0.5) is 0 Å². The molecule has 5 rings (SSSR count). The molecule has 0 spiro atoms. The molecule has 9 unspecified atom stereocenters. The van der Waals surface area contributed by atoms with Crippen molar-refractivity contribution < 1.29 is 64.7 Å². The molecular formula is C34H46O13. The first-order chi connectivity index (χ1) is 22.3. The minimum Gasteiger partial charge on any atom is -0.507 e. The summed E-state index contributed by atoms with van der Waals surface area (Å²) in [7, 11) is 0. The molecule has 3 aliphatic rings. The third-order valence-electron chi connectivity index (χ3n) is 10.6. The average molecular weight is 663 g/mol. The zero-order chi connectivity index (χ0) is 34.2. The molecule has 260 valence electrons. The van der Waals surface area contributed by atoms with Crippen molar-refractivity contribution in [3.63, 3.8) is 0 Å². The second-order valence-corrected chi connectivity index (χ2v) is 13.4. The Morgan fingerprint density at radius 2 is 1.79 bits per heavy atom. The van der Waals surface area contributed by atoms with Crippen molar-refractivity contribution in [1.29, 1.82) is 0 Å². The Bertz CT molecular complexity index is 1470. The quantitative estimate of drug-likeness (QED) is 0.128. The van der Waals surface area contributed by atoms with Crippen LogP contribution in [0.2, 0.25) is 0 Å². The number of carboxylic acid groups (broad SMARTS) is 1. The van der Waals surface area contributed by atoms with E-state index in [1.165, 1.54) is 13.8 Å². The van der Waals surface area contributed by atoms with Crippen LogP contribution in [0.3, 0.4) is 0 Å². The summed E-state index contributed by atoms with van der Waals surface area (Å²) < 4.78 is 17.6. The molecule has 2 aromatic carbocycles. The van der Waals surface area contributed by atoms with E-state index in [1.807, 2.05) is 0 Å². The van der Waals surface area contributed by atoms with Gasteiger partial charge in [0.05, 0.1) is 23.1 Å². The fourth-order valence-corrected chi connectivity index (χ4v) is 8.29. The average Bonchev–Trinajstić information content (AvgIpc) is 3.05. The van der Waals surface area contributed by atoms with Crippen LogP contribution in [0.1, 0.15) is 78.1 Å². The highest BCUT2D eigenvalue weighted by Gasteiger charge is 2.56. The molecule has 3 fully saturated rings. The first-order valence-corrected chi connectivity index (χ1v) is 16.3. The molecule has 0 bridgehead atoms. The Hall–Kier alpha value is -3.04. The van der Waals surface area contributed by atoms with Crippen LogP contribution in [0.15, 0.2) is 12.1 Å². The summed E-state index contributed by atoms with van der Waals surface area (Å²) in [6.45, 7) is 3.17. The molecule has 2 aliphatic heterocycles. The molecular weight excluding hydrogens is 616 g/mol. The van der Waals surface area contributed by atoms with E-state index in [0.29, 0.717) is 37.9 Å². The number of fused-ring (bicyclic) bond motifs is 2. The number of Topliss-reactive ketones (excluding diaryl/α,β-unsaturated/α-hetero) is 1. The Labute approximate surface area is 272 Å². The predicted molar refractivity (Wildman–Crippen MR) is 167 cm³/mol.